The topological polar surface area (TPSA) is 105 Å². The van der Waals surface area contributed by atoms with Crippen LogP contribution in [0.2, 0.25) is 0 Å². The molecule has 0 bridgehead atoms. The summed E-state index contributed by atoms with van der Waals surface area (Å²) in [6.07, 6.45) is -0.0582. The van der Waals surface area contributed by atoms with Crippen LogP contribution in [0.25, 0.3) is 0 Å². The number of esters is 1. The quantitative estimate of drug-likeness (QED) is 0.573. The summed E-state index contributed by atoms with van der Waals surface area (Å²) in [5.74, 6) is -1.38. The molecule has 7 nitrogen and oxygen atoms in total. The SMILES string of the molecule is COC(=O)CCNC(=O)NC(CC(=O)O)C(C)C. The molecule has 0 saturated heterocycles. The number of aliphatic carboxylic acids is 1. The normalized spacial score (nSPS) is 11.8. The predicted octanol–water partition coefficient (Wildman–Crippen LogP) is 0.348. The van der Waals surface area contributed by atoms with Gasteiger partial charge in [-0.2, -0.15) is 0 Å². The van der Waals surface area contributed by atoms with Crippen molar-refractivity contribution in [3.05, 3.63) is 0 Å². The summed E-state index contributed by atoms with van der Waals surface area (Å²) in [5.41, 5.74) is 0. The van der Waals surface area contributed by atoms with E-state index in [-0.39, 0.29) is 25.3 Å². The molecule has 0 saturated carbocycles. The summed E-state index contributed by atoms with van der Waals surface area (Å²) >= 11 is 0. The zero-order chi connectivity index (χ0) is 14.1. The lowest BCUT2D eigenvalue weighted by atomic mass is 10.0. The fourth-order valence-electron chi connectivity index (χ4n) is 1.24. The summed E-state index contributed by atoms with van der Waals surface area (Å²) in [6, 6.07) is -0.931. The number of carboxylic acid groups (broad SMARTS) is 1. The van der Waals surface area contributed by atoms with Crippen LogP contribution in [0.4, 0.5) is 4.79 Å². The number of rotatable bonds is 7. The average Bonchev–Trinajstić information content (AvgIpc) is 2.27. The molecule has 0 aromatic rings. The van der Waals surface area contributed by atoms with Crippen LogP contribution in [0.15, 0.2) is 0 Å². The fourth-order valence-corrected chi connectivity index (χ4v) is 1.24. The third-order valence-corrected chi connectivity index (χ3v) is 2.36. The van der Waals surface area contributed by atoms with Crippen molar-refractivity contribution in [2.45, 2.75) is 32.7 Å². The number of hydrogen-bond acceptors (Lipinski definition) is 4. The molecule has 0 aromatic heterocycles. The molecule has 18 heavy (non-hydrogen) atoms. The molecule has 0 rings (SSSR count). The van der Waals surface area contributed by atoms with Crippen LogP contribution < -0.4 is 10.6 Å². The smallest absolute Gasteiger partial charge is 0.315 e. The molecule has 7 heteroatoms. The molecule has 0 aliphatic carbocycles. The summed E-state index contributed by atoms with van der Waals surface area (Å²) < 4.78 is 4.42. The van der Waals surface area contributed by atoms with E-state index in [4.69, 9.17) is 5.11 Å². The van der Waals surface area contributed by atoms with Crippen LogP contribution in [-0.4, -0.2) is 42.8 Å². The van der Waals surface area contributed by atoms with Gasteiger partial charge in [-0.15, -0.1) is 0 Å². The van der Waals surface area contributed by atoms with E-state index in [0.29, 0.717) is 0 Å². The Labute approximate surface area is 106 Å². The highest BCUT2D eigenvalue weighted by Gasteiger charge is 2.19. The summed E-state index contributed by atoms with van der Waals surface area (Å²) in [6.45, 7) is 3.79. The van der Waals surface area contributed by atoms with Gasteiger partial charge in [0.25, 0.3) is 0 Å². The molecule has 0 aliphatic rings. The Morgan fingerprint density at radius 2 is 1.89 bits per heavy atom. The number of amides is 2. The van der Waals surface area contributed by atoms with Crippen LogP contribution in [0.3, 0.4) is 0 Å². The largest absolute Gasteiger partial charge is 0.481 e. The lowest BCUT2D eigenvalue weighted by Gasteiger charge is -2.20. The number of carbonyl (C=O) groups is 3. The van der Waals surface area contributed by atoms with Gasteiger partial charge in [-0.3, -0.25) is 9.59 Å². The standard InChI is InChI=1S/C11H20N2O5/c1-7(2)8(6-9(14)15)13-11(17)12-5-4-10(16)18-3/h7-8H,4-6H2,1-3H3,(H,14,15)(H2,12,13,17). The summed E-state index contributed by atoms with van der Waals surface area (Å²) in [7, 11) is 1.27. The van der Waals surface area contributed by atoms with Crippen molar-refractivity contribution < 1.29 is 24.2 Å². The van der Waals surface area contributed by atoms with E-state index in [1.807, 2.05) is 13.8 Å². The molecular formula is C11H20N2O5. The minimum atomic E-state index is -0.969. The Bertz CT molecular complexity index is 304. The van der Waals surface area contributed by atoms with Crippen molar-refractivity contribution >= 4 is 18.0 Å². The van der Waals surface area contributed by atoms with Gasteiger partial charge in [0.1, 0.15) is 0 Å². The second-order valence-corrected chi connectivity index (χ2v) is 4.17. The van der Waals surface area contributed by atoms with Crippen molar-refractivity contribution in [2.75, 3.05) is 13.7 Å². The summed E-state index contributed by atoms with van der Waals surface area (Å²) in [5, 5.41) is 13.7. The van der Waals surface area contributed by atoms with Gasteiger partial charge >= 0.3 is 18.0 Å². The molecule has 2 amide bonds. The minimum Gasteiger partial charge on any atom is -0.481 e. The molecule has 1 atom stereocenters. The Kier molecular flexibility index (Phi) is 7.50. The van der Waals surface area contributed by atoms with Crippen LogP contribution in [0.5, 0.6) is 0 Å². The highest BCUT2D eigenvalue weighted by molar-refractivity contribution is 5.76. The Hall–Kier alpha value is -1.79. The van der Waals surface area contributed by atoms with E-state index in [2.05, 4.69) is 15.4 Å². The molecular weight excluding hydrogens is 240 g/mol. The number of carboxylic acids is 1. The monoisotopic (exact) mass is 260 g/mol. The van der Waals surface area contributed by atoms with Crippen molar-refractivity contribution in [2.24, 2.45) is 5.92 Å². The Morgan fingerprint density at radius 1 is 1.28 bits per heavy atom. The lowest BCUT2D eigenvalue weighted by Crippen LogP contribution is -2.45. The third kappa shape index (κ3) is 7.48. The van der Waals surface area contributed by atoms with Crippen LogP contribution in [0, 0.1) is 5.92 Å². The van der Waals surface area contributed by atoms with E-state index in [1.165, 1.54) is 7.11 Å². The van der Waals surface area contributed by atoms with E-state index >= 15 is 0 Å². The number of carbonyl (C=O) groups excluding carboxylic acids is 2. The maximum atomic E-state index is 11.4. The van der Waals surface area contributed by atoms with E-state index in [0.717, 1.165) is 0 Å². The van der Waals surface area contributed by atoms with E-state index < -0.39 is 24.0 Å². The molecule has 0 radical (unpaired) electrons. The van der Waals surface area contributed by atoms with Gasteiger partial charge in [0.05, 0.1) is 20.0 Å². The molecule has 0 aromatic carbocycles. The number of urea groups is 1. The molecule has 0 aliphatic heterocycles. The molecule has 0 spiro atoms. The zero-order valence-corrected chi connectivity index (χ0v) is 10.9. The minimum absolute atomic E-state index is 0.00690. The third-order valence-electron chi connectivity index (χ3n) is 2.36. The van der Waals surface area contributed by atoms with Gasteiger partial charge in [-0.1, -0.05) is 13.8 Å². The maximum Gasteiger partial charge on any atom is 0.315 e. The van der Waals surface area contributed by atoms with Crippen LogP contribution in [-0.2, 0) is 14.3 Å². The predicted molar refractivity (Wildman–Crippen MR) is 64.0 cm³/mol. The lowest BCUT2D eigenvalue weighted by molar-refractivity contribution is -0.140. The molecule has 1 unspecified atom stereocenters. The van der Waals surface area contributed by atoms with Crippen molar-refractivity contribution in [1.29, 1.82) is 0 Å². The van der Waals surface area contributed by atoms with Crippen LogP contribution in [0.1, 0.15) is 26.7 Å². The molecule has 104 valence electrons. The van der Waals surface area contributed by atoms with Gasteiger partial charge in [0.15, 0.2) is 0 Å². The van der Waals surface area contributed by atoms with E-state index in [1.54, 1.807) is 0 Å². The first-order valence-corrected chi connectivity index (χ1v) is 5.69. The maximum absolute atomic E-state index is 11.4. The molecule has 3 N–H and O–H groups in total. The highest BCUT2D eigenvalue weighted by Crippen LogP contribution is 2.05. The van der Waals surface area contributed by atoms with Gasteiger partial charge in [-0.05, 0) is 5.92 Å². The highest BCUT2D eigenvalue weighted by atomic mass is 16.5. The molecule has 0 heterocycles. The van der Waals surface area contributed by atoms with Gasteiger partial charge < -0.3 is 20.5 Å². The van der Waals surface area contributed by atoms with Gasteiger partial charge in [0.2, 0.25) is 0 Å². The van der Waals surface area contributed by atoms with Gasteiger partial charge in [-0.25, -0.2) is 4.79 Å². The first kappa shape index (κ1) is 16.2. The first-order valence-electron chi connectivity index (χ1n) is 5.69. The first-order chi connectivity index (χ1) is 8.36. The molecule has 0 fully saturated rings. The Morgan fingerprint density at radius 3 is 2.33 bits per heavy atom. The number of nitrogens with one attached hydrogen (secondary N) is 2. The Balaban J connectivity index is 4.02. The number of methoxy groups -OCH3 is 1. The average molecular weight is 260 g/mol. The van der Waals surface area contributed by atoms with Crippen molar-refractivity contribution in [1.82, 2.24) is 10.6 Å². The van der Waals surface area contributed by atoms with Crippen molar-refractivity contribution in [3.8, 4) is 0 Å². The van der Waals surface area contributed by atoms with Crippen molar-refractivity contribution in [3.63, 3.8) is 0 Å². The number of hydrogen-bond donors (Lipinski definition) is 3. The van der Waals surface area contributed by atoms with Crippen LogP contribution >= 0.6 is 0 Å². The van der Waals surface area contributed by atoms with Gasteiger partial charge in [0, 0.05) is 12.6 Å². The second-order valence-electron chi connectivity index (χ2n) is 4.17. The summed E-state index contributed by atoms with van der Waals surface area (Å²) in [4.78, 5) is 32.8. The van der Waals surface area contributed by atoms with E-state index in [9.17, 15) is 14.4 Å². The second kappa shape index (κ2) is 8.32. The fraction of sp³-hybridized carbons (Fsp3) is 0.727. The number of ether oxygens (including phenoxy) is 1. The zero-order valence-electron chi connectivity index (χ0n) is 10.9.